The molecular weight excluding hydrogens is 276 g/mol. The van der Waals surface area contributed by atoms with Crippen molar-refractivity contribution in [3.05, 3.63) is 59.1 Å². The van der Waals surface area contributed by atoms with E-state index in [4.69, 9.17) is 16.3 Å². The first-order valence-corrected chi connectivity index (χ1v) is 6.51. The van der Waals surface area contributed by atoms with E-state index >= 15 is 0 Å². The van der Waals surface area contributed by atoms with Crippen LogP contribution in [0.4, 0.5) is 11.4 Å². The first kappa shape index (κ1) is 14.2. The summed E-state index contributed by atoms with van der Waals surface area (Å²) in [5.74, 6) is -0.339. The van der Waals surface area contributed by atoms with E-state index in [2.05, 4.69) is 10.2 Å². The lowest BCUT2D eigenvalue weighted by Crippen LogP contribution is -2.03. The fourth-order valence-corrected chi connectivity index (χ4v) is 1.63. The number of nitrogens with zero attached hydrogens (tertiary/aromatic N) is 2. The number of azo groups is 1. The van der Waals surface area contributed by atoms with Gasteiger partial charge in [0.05, 0.1) is 23.5 Å². The van der Waals surface area contributed by atoms with Gasteiger partial charge in [0.1, 0.15) is 0 Å². The molecule has 2 aromatic carbocycles. The highest BCUT2D eigenvalue weighted by atomic mass is 35.5. The molecular formula is C15H13ClN2O2. The molecule has 0 amide bonds. The minimum Gasteiger partial charge on any atom is -0.462 e. The molecule has 0 aromatic heterocycles. The van der Waals surface area contributed by atoms with E-state index in [-0.39, 0.29) is 5.97 Å². The molecule has 0 aliphatic heterocycles. The average molecular weight is 289 g/mol. The molecule has 0 saturated heterocycles. The van der Waals surface area contributed by atoms with E-state index < -0.39 is 0 Å². The molecule has 0 fully saturated rings. The van der Waals surface area contributed by atoms with Gasteiger partial charge in [-0.3, -0.25) is 0 Å². The number of benzene rings is 2. The van der Waals surface area contributed by atoms with Crippen molar-refractivity contribution in [1.29, 1.82) is 0 Å². The normalized spacial score (nSPS) is 10.7. The molecule has 0 saturated carbocycles. The lowest BCUT2D eigenvalue weighted by Gasteiger charge is -2.01. The molecule has 4 nitrogen and oxygen atoms in total. The third kappa shape index (κ3) is 3.90. The third-order valence-corrected chi connectivity index (χ3v) is 2.74. The molecule has 0 radical (unpaired) electrons. The van der Waals surface area contributed by atoms with Crippen LogP contribution in [-0.2, 0) is 4.74 Å². The minimum atomic E-state index is -0.339. The summed E-state index contributed by atoms with van der Waals surface area (Å²) >= 11 is 5.79. The van der Waals surface area contributed by atoms with Gasteiger partial charge in [-0.2, -0.15) is 10.2 Å². The Morgan fingerprint density at radius 1 is 1.00 bits per heavy atom. The van der Waals surface area contributed by atoms with Crippen LogP contribution in [0.1, 0.15) is 17.3 Å². The zero-order valence-corrected chi connectivity index (χ0v) is 11.7. The molecule has 0 spiro atoms. The van der Waals surface area contributed by atoms with Gasteiger partial charge in [0.2, 0.25) is 0 Å². The first-order chi connectivity index (χ1) is 9.69. The fourth-order valence-electron chi connectivity index (χ4n) is 1.50. The molecule has 5 heteroatoms. The van der Waals surface area contributed by atoms with Crippen LogP contribution in [0.2, 0.25) is 5.02 Å². The highest BCUT2D eigenvalue weighted by Crippen LogP contribution is 2.20. The molecule has 2 aromatic rings. The van der Waals surface area contributed by atoms with Crippen LogP contribution in [0.5, 0.6) is 0 Å². The standard InChI is InChI=1S/C15H13ClN2O2/c1-2-20-15(19)11-3-7-13(8-4-11)17-18-14-9-5-12(16)6-10-14/h3-10H,2H2,1H3. The Labute approximate surface area is 122 Å². The molecule has 0 unspecified atom stereocenters. The van der Waals surface area contributed by atoms with Crippen molar-refractivity contribution < 1.29 is 9.53 Å². The van der Waals surface area contributed by atoms with Crippen LogP contribution >= 0.6 is 11.6 Å². The van der Waals surface area contributed by atoms with Gasteiger partial charge in [-0.15, -0.1) is 0 Å². The van der Waals surface area contributed by atoms with Crippen molar-refractivity contribution in [2.45, 2.75) is 6.92 Å². The van der Waals surface area contributed by atoms with E-state index in [9.17, 15) is 4.79 Å². The molecule has 0 bridgehead atoms. The van der Waals surface area contributed by atoms with Crippen LogP contribution in [0.3, 0.4) is 0 Å². The number of hydrogen-bond donors (Lipinski definition) is 0. The van der Waals surface area contributed by atoms with Crippen LogP contribution < -0.4 is 0 Å². The monoisotopic (exact) mass is 288 g/mol. The van der Waals surface area contributed by atoms with Crippen molar-refractivity contribution in [3.63, 3.8) is 0 Å². The van der Waals surface area contributed by atoms with E-state index in [1.807, 2.05) is 0 Å². The van der Waals surface area contributed by atoms with Crippen LogP contribution in [0.15, 0.2) is 58.8 Å². The Balaban J connectivity index is 2.07. The summed E-state index contributed by atoms with van der Waals surface area (Å²) in [5.41, 5.74) is 1.87. The lowest BCUT2D eigenvalue weighted by molar-refractivity contribution is 0.0526. The quantitative estimate of drug-likeness (QED) is 0.591. The molecule has 102 valence electrons. The van der Waals surface area contributed by atoms with Crippen molar-refractivity contribution in [2.24, 2.45) is 10.2 Å². The summed E-state index contributed by atoms with van der Waals surface area (Å²) in [6.07, 6.45) is 0. The number of rotatable bonds is 4. The summed E-state index contributed by atoms with van der Waals surface area (Å²) in [6, 6.07) is 13.8. The lowest BCUT2D eigenvalue weighted by atomic mass is 10.2. The molecule has 20 heavy (non-hydrogen) atoms. The largest absolute Gasteiger partial charge is 0.462 e. The number of esters is 1. The van der Waals surface area contributed by atoms with Gasteiger partial charge in [-0.1, -0.05) is 11.6 Å². The van der Waals surface area contributed by atoms with Crippen molar-refractivity contribution >= 4 is 28.9 Å². The van der Waals surface area contributed by atoms with Crippen LogP contribution in [0.25, 0.3) is 0 Å². The summed E-state index contributed by atoms with van der Waals surface area (Å²) < 4.78 is 4.90. The van der Waals surface area contributed by atoms with E-state index in [1.165, 1.54) is 0 Å². The van der Waals surface area contributed by atoms with E-state index in [0.29, 0.717) is 28.6 Å². The molecule has 0 atom stereocenters. The third-order valence-electron chi connectivity index (χ3n) is 2.49. The van der Waals surface area contributed by atoms with Gasteiger partial charge in [0.15, 0.2) is 0 Å². The van der Waals surface area contributed by atoms with Gasteiger partial charge in [0.25, 0.3) is 0 Å². The predicted octanol–water partition coefficient (Wildman–Crippen LogP) is 4.93. The summed E-state index contributed by atoms with van der Waals surface area (Å²) in [4.78, 5) is 11.5. The van der Waals surface area contributed by atoms with Crippen LogP contribution in [-0.4, -0.2) is 12.6 Å². The van der Waals surface area contributed by atoms with Gasteiger partial charge in [0, 0.05) is 5.02 Å². The van der Waals surface area contributed by atoms with Gasteiger partial charge in [-0.25, -0.2) is 4.79 Å². The summed E-state index contributed by atoms with van der Waals surface area (Å²) in [5, 5.41) is 8.82. The highest BCUT2D eigenvalue weighted by Gasteiger charge is 2.04. The van der Waals surface area contributed by atoms with Gasteiger partial charge >= 0.3 is 5.97 Å². The molecule has 2 rings (SSSR count). The Bertz CT molecular complexity index is 607. The van der Waals surface area contributed by atoms with Crippen molar-refractivity contribution in [2.75, 3.05) is 6.61 Å². The van der Waals surface area contributed by atoms with E-state index in [1.54, 1.807) is 55.5 Å². The Morgan fingerprint density at radius 3 is 2.00 bits per heavy atom. The Hall–Kier alpha value is -2.20. The van der Waals surface area contributed by atoms with Gasteiger partial charge in [-0.05, 0) is 55.5 Å². The number of ether oxygens (including phenoxy) is 1. The van der Waals surface area contributed by atoms with Crippen molar-refractivity contribution in [3.8, 4) is 0 Å². The zero-order valence-electron chi connectivity index (χ0n) is 10.9. The fraction of sp³-hybridized carbons (Fsp3) is 0.133. The Kier molecular flexibility index (Phi) is 4.85. The maximum atomic E-state index is 11.5. The highest BCUT2D eigenvalue weighted by molar-refractivity contribution is 6.30. The molecule has 0 heterocycles. The Morgan fingerprint density at radius 2 is 1.50 bits per heavy atom. The second-order valence-corrected chi connectivity index (χ2v) is 4.38. The zero-order chi connectivity index (χ0) is 14.4. The second-order valence-electron chi connectivity index (χ2n) is 3.94. The van der Waals surface area contributed by atoms with Crippen molar-refractivity contribution in [1.82, 2.24) is 0 Å². The maximum Gasteiger partial charge on any atom is 0.338 e. The average Bonchev–Trinajstić information content (AvgIpc) is 2.47. The van der Waals surface area contributed by atoms with Crippen LogP contribution in [0, 0.1) is 0 Å². The second kappa shape index (κ2) is 6.82. The minimum absolute atomic E-state index is 0.339. The first-order valence-electron chi connectivity index (χ1n) is 6.13. The smallest absolute Gasteiger partial charge is 0.338 e. The molecule has 0 N–H and O–H groups in total. The van der Waals surface area contributed by atoms with E-state index in [0.717, 1.165) is 0 Å². The summed E-state index contributed by atoms with van der Waals surface area (Å²) in [6.45, 7) is 2.13. The maximum absolute atomic E-state index is 11.5. The number of hydrogen-bond acceptors (Lipinski definition) is 4. The van der Waals surface area contributed by atoms with Gasteiger partial charge < -0.3 is 4.74 Å². The predicted molar refractivity (Wildman–Crippen MR) is 78.0 cm³/mol. The number of carbonyl (C=O) groups is 1. The number of carbonyl (C=O) groups excluding carboxylic acids is 1. The summed E-state index contributed by atoms with van der Waals surface area (Å²) in [7, 11) is 0. The number of halogens is 1. The molecule has 0 aliphatic carbocycles. The molecule has 0 aliphatic rings. The SMILES string of the molecule is CCOC(=O)c1ccc(N=Nc2ccc(Cl)cc2)cc1. The topological polar surface area (TPSA) is 51.0 Å².